The number of benzene rings is 2. The highest BCUT2D eigenvalue weighted by Crippen LogP contribution is 2.38. The van der Waals surface area contributed by atoms with Gasteiger partial charge in [0.2, 0.25) is 17.5 Å². The molecule has 0 aliphatic rings. The van der Waals surface area contributed by atoms with Crippen LogP contribution in [0.25, 0.3) is 11.4 Å². The van der Waals surface area contributed by atoms with Gasteiger partial charge in [-0.15, -0.1) is 0 Å². The number of methoxy groups -OCH3 is 3. The summed E-state index contributed by atoms with van der Waals surface area (Å²) in [6.45, 7) is 2.06. The minimum absolute atomic E-state index is 0.0916. The molecule has 0 unspecified atom stereocenters. The summed E-state index contributed by atoms with van der Waals surface area (Å²) in [5, 5.41) is 6.73. The Kier molecular flexibility index (Phi) is 5.78. The van der Waals surface area contributed by atoms with Gasteiger partial charge < -0.3 is 24.1 Å². The molecular formula is C20H21N3O5. The number of ether oxygens (including phenoxy) is 3. The van der Waals surface area contributed by atoms with Gasteiger partial charge in [0.25, 0.3) is 5.91 Å². The van der Waals surface area contributed by atoms with Crippen LogP contribution in [-0.4, -0.2) is 37.4 Å². The van der Waals surface area contributed by atoms with E-state index in [1.807, 2.05) is 31.2 Å². The molecule has 0 spiro atoms. The van der Waals surface area contributed by atoms with Gasteiger partial charge in [-0.25, -0.2) is 0 Å². The van der Waals surface area contributed by atoms with Crippen LogP contribution >= 0.6 is 0 Å². The highest BCUT2D eigenvalue weighted by Gasteiger charge is 2.18. The fourth-order valence-electron chi connectivity index (χ4n) is 2.73. The highest BCUT2D eigenvalue weighted by atomic mass is 16.5. The first-order chi connectivity index (χ1) is 13.6. The zero-order chi connectivity index (χ0) is 20.1. The summed E-state index contributed by atoms with van der Waals surface area (Å²) in [5.41, 5.74) is 2.28. The Balaban J connectivity index is 1.74. The first-order valence-electron chi connectivity index (χ1n) is 8.54. The number of aromatic nitrogens is 2. The molecule has 28 heavy (non-hydrogen) atoms. The Bertz CT molecular complexity index is 958. The van der Waals surface area contributed by atoms with Crippen molar-refractivity contribution < 1.29 is 23.5 Å². The van der Waals surface area contributed by atoms with Crippen molar-refractivity contribution in [2.75, 3.05) is 21.3 Å². The number of rotatable bonds is 7. The Morgan fingerprint density at radius 2 is 1.75 bits per heavy atom. The van der Waals surface area contributed by atoms with Crippen molar-refractivity contribution in [1.82, 2.24) is 15.5 Å². The summed E-state index contributed by atoms with van der Waals surface area (Å²) < 4.78 is 21.0. The minimum Gasteiger partial charge on any atom is -0.493 e. The predicted molar refractivity (Wildman–Crippen MR) is 102 cm³/mol. The van der Waals surface area contributed by atoms with Crippen LogP contribution < -0.4 is 19.5 Å². The maximum Gasteiger partial charge on any atom is 0.251 e. The standard InChI is InChI=1S/C20H21N3O5/c1-12-7-5-6-8-14(12)19-22-17(28-23-19)11-21-20(24)13-9-15(25-2)18(27-4)16(10-13)26-3/h5-10H,11H2,1-4H3,(H,21,24). The van der Waals surface area contributed by atoms with Crippen LogP contribution in [0.2, 0.25) is 0 Å². The van der Waals surface area contributed by atoms with E-state index in [1.165, 1.54) is 21.3 Å². The van der Waals surface area contributed by atoms with E-state index in [4.69, 9.17) is 18.7 Å². The quantitative estimate of drug-likeness (QED) is 0.670. The lowest BCUT2D eigenvalue weighted by Gasteiger charge is -2.13. The van der Waals surface area contributed by atoms with Gasteiger partial charge in [0.05, 0.1) is 27.9 Å². The minimum atomic E-state index is -0.338. The molecule has 3 rings (SSSR count). The number of nitrogens with one attached hydrogen (secondary N) is 1. The van der Waals surface area contributed by atoms with E-state index in [0.717, 1.165) is 11.1 Å². The van der Waals surface area contributed by atoms with Crippen LogP contribution in [0.5, 0.6) is 17.2 Å². The van der Waals surface area contributed by atoms with Gasteiger partial charge in [0, 0.05) is 11.1 Å². The number of amides is 1. The molecule has 8 heteroatoms. The van der Waals surface area contributed by atoms with Crippen LogP contribution in [0.1, 0.15) is 21.8 Å². The molecule has 0 aliphatic heterocycles. The van der Waals surface area contributed by atoms with Gasteiger partial charge in [0.15, 0.2) is 11.5 Å². The number of nitrogens with zero attached hydrogens (tertiary/aromatic N) is 2. The summed E-state index contributed by atoms with van der Waals surface area (Å²) in [6, 6.07) is 10.9. The predicted octanol–water partition coefficient (Wildman–Crippen LogP) is 3.00. The second kappa shape index (κ2) is 8.43. The molecule has 0 radical (unpaired) electrons. The van der Waals surface area contributed by atoms with Gasteiger partial charge in [-0.3, -0.25) is 4.79 Å². The topological polar surface area (TPSA) is 95.7 Å². The lowest BCUT2D eigenvalue weighted by Crippen LogP contribution is -2.23. The first kappa shape index (κ1) is 19.2. The highest BCUT2D eigenvalue weighted by molar-refractivity contribution is 5.95. The largest absolute Gasteiger partial charge is 0.493 e. The maximum absolute atomic E-state index is 12.5. The second-order valence-electron chi connectivity index (χ2n) is 5.92. The number of aryl methyl sites for hydroxylation is 1. The van der Waals surface area contributed by atoms with Crippen LogP contribution in [-0.2, 0) is 6.54 Å². The van der Waals surface area contributed by atoms with E-state index >= 15 is 0 Å². The van der Waals surface area contributed by atoms with E-state index in [2.05, 4.69) is 15.5 Å². The Hall–Kier alpha value is -3.55. The van der Waals surface area contributed by atoms with Crippen molar-refractivity contribution in [3.8, 4) is 28.6 Å². The van der Waals surface area contributed by atoms with Crippen molar-refractivity contribution in [2.45, 2.75) is 13.5 Å². The molecule has 0 saturated carbocycles. The van der Waals surface area contributed by atoms with E-state index in [-0.39, 0.29) is 12.5 Å². The van der Waals surface area contributed by atoms with Crippen molar-refractivity contribution in [1.29, 1.82) is 0 Å². The zero-order valence-corrected chi connectivity index (χ0v) is 16.1. The molecule has 1 amide bonds. The molecule has 1 heterocycles. The third-order valence-corrected chi connectivity index (χ3v) is 4.18. The van der Waals surface area contributed by atoms with Crippen molar-refractivity contribution in [3.63, 3.8) is 0 Å². The summed E-state index contributed by atoms with van der Waals surface area (Å²) in [7, 11) is 4.48. The van der Waals surface area contributed by atoms with E-state index in [0.29, 0.717) is 34.5 Å². The molecule has 1 N–H and O–H groups in total. The third-order valence-electron chi connectivity index (χ3n) is 4.18. The lowest BCUT2D eigenvalue weighted by molar-refractivity contribution is 0.0945. The molecule has 8 nitrogen and oxygen atoms in total. The van der Waals surface area contributed by atoms with E-state index in [9.17, 15) is 4.79 Å². The average molecular weight is 383 g/mol. The molecule has 0 atom stereocenters. The Labute approximate surface area is 162 Å². The Morgan fingerprint density at radius 1 is 1.07 bits per heavy atom. The van der Waals surface area contributed by atoms with Crippen LogP contribution in [0.15, 0.2) is 40.9 Å². The molecule has 1 aromatic heterocycles. The Morgan fingerprint density at radius 3 is 2.36 bits per heavy atom. The fraction of sp³-hybridized carbons (Fsp3) is 0.250. The zero-order valence-electron chi connectivity index (χ0n) is 16.1. The number of carbonyl (C=O) groups excluding carboxylic acids is 1. The van der Waals surface area contributed by atoms with Gasteiger partial charge in [-0.1, -0.05) is 29.4 Å². The fourth-order valence-corrected chi connectivity index (χ4v) is 2.73. The number of hydrogen-bond acceptors (Lipinski definition) is 7. The SMILES string of the molecule is COc1cc(C(=O)NCc2nc(-c3ccccc3C)no2)cc(OC)c1OC. The molecule has 2 aromatic carbocycles. The average Bonchev–Trinajstić information content (AvgIpc) is 3.19. The van der Waals surface area contributed by atoms with Crippen molar-refractivity contribution in [3.05, 3.63) is 53.4 Å². The molecule has 0 bridgehead atoms. The van der Waals surface area contributed by atoms with Gasteiger partial charge in [0.1, 0.15) is 0 Å². The molecule has 3 aromatic rings. The van der Waals surface area contributed by atoms with Crippen molar-refractivity contribution >= 4 is 5.91 Å². The number of hydrogen-bond donors (Lipinski definition) is 1. The molecular weight excluding hydrogens is 362 g/mol. The van der Waals surface area contributed by atoms with E-state index < -0.39 is 0 Å². The van der Waals surface area contributed by atoms with E-state index in [1.54, 1.807) is 12.1 Å². The lowest BCUT2D eigenvalue weighted by atomic mass is 10.1. The summed E-state index contributed by atoms with van der Waals surface area (Å²) in [5.74, 6) is 1.66. The molecule has 146 valence electrons. The summed E-state index contributed by atoms with van der Waals surface area (Å²) >= 11 is 0. The van der Waals surface area contributed by atoms with Crippen molar-refractivity contribution in [2.24, 2.45) is 0 Å². The first-order valence-corrected chi connectivity index (χ1v) is 8.54. The molecule has 0 saturated heterocycles. The summed E-state index contributed by atoms with van der Waals surface area (Å²) in [4.78, 5) is 16.9. The monoisotopic (exact) mass is 383 g/mol. The van der Waals surface area contributed by atoms with Gasteiger partial charge in [-0.05, 0) is 24.6 Å². The van der Waals surface area contributed by atoms with Crippen LogP contribution in [0.4, 0.5) is 0 Å². The van der Waals surface area contributed by atoms with Gasteiger partial charge in [-0.2, -0.15) is 4.98 Å². The third kappa shape index (κ3) is 3.90. The van der Waals surface area contributed by atoms with Crippen LogP contribution in [0.3, 0.4) is 0 Å². The molecule has 0 fully saturated rings. The smallest absolute Gasteiger partial charge is 0.251 e. The van der Waals surface area contributed by atoms with Gasteiger partial charge >= 0.3 is 0 Å². The second-order valence-corrected chi connectivity index (χ2v) is 5.92. The number of carbonyl (C=O) groups is 1. The summed E-state index contributed by atoms with van der Waals surface area (Å²) in [6.07, 6.45) is 0. The molecule has 0 aliphatic carbocycles. The van der Waals surface area contributed by atoms with Crippen LogP contribution in [0, 0.1) is 6.92 Å². The maximum atomic E-state index is 12.5. The normalized spacial score (nSPS) is 10.4.